The molecule has 0 aliphatic heterocycles. The van der Waals surface area contributed by atoms with Gasteiger partial charge in [0.2, 0.25) is 0 Å². The van der Waals surface area contributed by atoms with Gasteiger partial charge in [0.15, 0.2) is 23.0 Å². The number of carbonyl (C=O) groups is 1. The summed E-state index contributed by atoms with van der Waals surface area (Å²) in [6.07, 6.45) is 1.40. The highest BCUT2D eigenvalue weighted by atomic mass is 16.5. The smallest absolute Gasteiger partial charge is 0.314 e. The van der Waals surface area contributed by atoms with Crippen molar-refractivity contribution in [1.82, 2.24) is 10.6 Å². The Morgan fingerprint density at radius 1 is 0.759 bits per heavy atom. The van der Waals surface area contributed by atoms with Gasteiger partial charge in [-0.15, -0.1) is 0 Å². The Bertz CT molecular complexity index is 795. The molecule has 0 aliphatic carbocycles. The van der Waals surface area contributed by atoms with E-state index in [1.165, 1.54) is 0 Å². The van der Waals surface area contributed by atoms with Gasteiger partial charge in [0.1, 0.15) is 0 Å². The van der Waals surface area contributed by atoms with E-state index in [0.29, 0.717) is 49.8 Å². The molecule has 0 heterocycles. The predicted octanol–water partition coefficient (Wildman–Crippen LogP) is 3.20. The van der Waals surface area contributed by atoms with Crippen molar-refractivity contribution in [3.63, 3.8) is 0 Å². The number of nitrogens with one attached hydrogen (secondary N) is 2. The van der Waals surface area contributed by atoms with Crippen LogP contribution in [0.2, 0.25) is 0 Å². The number of rotatable bonds is 11. The average Bonchev–Trinajstić information content (AvgIpc) is 2.74. The lowest BCUT2D eigenvalue weighted by atomic mass is 10.1. The molecule has 0 radical (unpaired) electrons. The van der Waals surface area contributed by atoms with Crippen LogP contribution in [0.5, 0.6) is 23.0 Å². The molecule has 0 saturated carbocycles. The zero-order chi connectivity index (χ0) is 21.1. The molecule has 7 nitrogen and oxygen atoms in total. The standard InChI is InChI=1S/C22H30N2O5/c1-5-29-19-9-7-17(15-21(19)28-4)11-13-24-22(25)23-12-10-16-6-8-18(26-2)20(14-16)27-3/h6-9,14-15H,5,10-13H2,1-4H3,(H2,23,24,25). The van der Waals surface area contributed by atoms with Crippen molar-refractivity contribution in [1.29, 1.82) is 0 Å². The molecule has 0 aromatic heterocycles. The average molecular weight is 402 g/mol. The minimum absolute atomic E-state index is 0.191. The Morgan fingerprint density at radius 3 is 1.72 bits per heavy atom. The molecule has 0 saturated heterocycles. The first-order valence-corrected chi connectivity index (χ1v) is 9.63. The van der Waals surface area contributed by atoms with Crippen LogP contribution in [-0.2, 0) is 12.8 Å². The van der Waals surface area contributed by atoms with Gasteiger partial charge in [0.05, 0.1) is 27.9 Å². The molecular weight excluding hydrogens is 372 g/mol. The molecule has 2 aromatic rings. The third-order valence-corrected chi connectivity index (χ3v) is 4.37. The van der Waals surface area contributed by atoms with E-state index in [1.54, 1.807) is 21.3 Å². The summed E-state index contributed by atoms with van der Waals surface area (Å²) in [7, 11) is 4.83. The zero-order valence-electron chi connectivity index (χ0n) is 17.5. The lowest BCUT2D eigenvalue weighted by Crippen LogP contribution is -2.37. The number of urea groups is 1. The Hall–Kier alpha value is -3.09. The van der Waals surface area contributed by atoms with E-state index in [4.69, 9.17) is 18.9 Å². The van der Waals surface area contributed by atoms with Crippen LogP contribution in [0.1, 0.15) is 18.1 Å². The maximum Gasteiger partial charge on any atom is 0.314 e. The highest BCUT2D eigenvalue weighted by molar-refractivity contribution is 5.73. The number of ether oxygens (including phenoxy) is 4. The van der Waals surface area contributed by atoms with E-state index in [1.807, 2.05) is 43.3 Å². The van der Waals surface area contributed by atoms with Crippen molar-refractivity contribution >= 4 is 6.03 Å². The third-order valence-electron chi connectivity index (χ3n) is 4.37. The van der Waals surface area contributed by atoms with Crippen molar-refractivity contribution < 1.29 is 23.7 Å². The van der Waals surface area contributed by atoms with Crippen LogP contribution in [0.25, 0.3) is 0 Å². The van der Waals surface area contributed by atoms with Crippen LogP contribution in [0.3, 0.4) is 0 Å². The second-order valence-electron chi connectivity index (χ2n) is 6.29. The number of hydrogen-bond acceptors (Lipinski definition) is 5. The highest BCUT2D eigenvalue weighted by Crippen LogP contribution is 2.28. The lowest BCUT2D eigenvalue weighted by Gasteiger charge is -2.12. The van der Waals surface area contributed by atoms with Crippen molar-refractivity contribution in [3.8, 4) is 23.0 Å². The summed E-state index contributed by atoms with van der Waals surface area (Å²) in [6.45, 7) is 3.57. The summed E-state index contributed by atoms with van der Waals surface area (Å²) in [5, 5.41) is 5.73. The number of methoxy groups -OCH3 is 3. The second kappa shape index (κ2) is 11.7. The zero-order valence-corrected chi connectivity index (χ0v) is 17.5. The second-order valence-corrected chi connectivity index (χ2v) is 6.29. The first-order chi connectivity index (χ1) is 14.1. The van der Waals surface area contributed by atoms with E-state index >= 15 is 0 Å². The van der Waals surface area contributed by atoms with Crippen LogP contribution in [-0.4, -0.2) is 47.1 Å². The van der Waals surface area contributed by atoms with Crippen molar-refractivity contribution in [2.24, 2.45) is 0 Å². The monoisotopic (exact) mass is 402 g/mol. The number of amides is 2. The molecule has 2 rings (SSSR count). The first kappa shape index (κ1) is 22.2. The molecule has 0 bridgehead atoms. The Kier molecular flexibility index (Phi) is 8.95. The molecular formula is C22H30N2O5. The fraction of sp³-hybridized carbons (Fsp3) is 0.409. The van der Waals surface area contributed by atoms with Crippen LogP contribution >= 0.6 is 0 Å². The molecule has 2 amide bonds. The van der Waals surface area contributed by atoms with Gasteiger partial charge in [-0.1, -0.05) is 12.1 Å². The molecule has 29 heavy (non-hydrogen) atoms. The highest BCUT2D eigenvalue weighted by Gasteiger charge is 2.07. The molecule has 0 fully saturated rings. The van der Waals surface area contributed by atoms with Gasteiger partial charge in [-0.05, 0) is 55.2 Å². The van der Waals surface area contributed by atoms with E-state index in [2.05, 4.69) is 10.6 Å². The van der Waals surface area contributed by atoms with Crippen LogP contribution in [0.4, 0.5) is 4.79 Å². The normalized spacial score (nSPS) is 10.2. The molecule has 158 valence electrons. The Labute approximate surface area is 172 Å². The first-order valence-electron chi connectivity index (χ1n) is 9.63. The maximum atomic E-state index is 12.0. The van der Waals surface area contributed by atoms with E-state index in [0.717, 1.165) is 16.9 Å². The van der Waals surface area contributed by atoms with Gasteiger partial charge >= 0.3 is 6.03 Å². The van der Waals surface area contributed by atoms with Crippen LogP contribution in [0.15, 0.2) is 36.4 Å². The van der Waals surface area contributed by atoms with Crippen molar-refractivity contribution in [2.75, 3.05) is 41.0 Å². The van der Waals surface area contributed by atoms with Gasteiger partial charge in [-0.25, -0.2) is 4.79 Å². The molecule has 2 N–H and O–H groups in total. The number of carbonyl (C=O) groups excluding carboxylic acids is 1. The van der Waals surface area contributed by atoms with E-state index in [9.17, 15) is 4.79 Å². The third kappa shape index (κ3) is 6.78. The molecule has 7 heteroatoms. The molecule has 0 atom stereocenters. The van der Waals surface area contributed by atoms with Crippen LogP contribution in [0, 0.1) is 0 Å². The fourth-order valence-corrected chi connectivity index (χ4v) is 2.88. The summed E-state index contributed by atoms with van der Waals surface area (Å²) < 4.78 is 21.4. The van der Waals surface area contributed by atoms with E-state index in [-0.39, 0.29) is 6.03 Å². The summed E-state index contributed by atoms with van der Waals surface area (Å²) in [5.74, 6) is 2.79. The summed E-state index contributed by atoms with van der Waals surface area (Å²) in [5.41, 5.74) is 2.13. The topological polar surface area (TPSA) is 78.1 Å². The van der Waals surface area contributed by atoms with Crippen LogP contribution < -0.4 is 29.6 Å². The van der Waals surface area contributed by atoms with Crippen molar-refractivity contribution in [3.05, 3.63) is 47.5 Å². The molecule has 0 aliphatic rings. The molecule has 2 aromatic carbocycles. The lowest BCUT2D eigenvalue weighted by molar-refractivity contribution is 0.241. The minimum atomic E-state index is -0.191. The number of hydrogen-bond donors (Lipinski definition) is 2. The van der Waals surface area contributed by atoms with Gasteiger partial charge in [0.25, 0.3) is 0 Å². The predicted molar refractivity (Wildman–Crippen MR) is 113 cm³/mol. The minimum Gasteiger partial charge on any atom is -0.493 e. The van der Waals surface area contributed by atoms with Gasteiger partial charge in [-0.3, -0.25) is 0 Å². The SMILES string of the molecule is CCOc1ccc(CCNC(=O)NCCc2ccc(OC)c(OC)c2)cc1OC. The molecule has 0 unspecified atom stereocenters. The van der Waals surface area contributed by atoms with E-state index < -0.39 is 0 Å². The summed E-state index contributed by atoms with van der Waals surface area (Å²) in [6, 6.07) is 11.3. The Balaban J connectivity index is 1.74. The van der Waals surface area contributed by atoms with Gasteiger partial charge in [0, 0.05) is 13.1 Å². The largest absolute Gasteiger partial charge is 0.493 e. The Morgan fingerprint density at radius 2 is 1.24 bits per heavy atom. The maximum absolute atomic E-state index is 12.0. The van der Waals surface area contributed by atoms with Gasteiger partial charge in [-0.2, -0.15) is 0 Å². The fourth-order valence-electron chi connectivity index (χ4n) is 2.88. The van der Waals surface area contributed by atoms with Crippen molar-refractivity contribution in [2.45, 2.75) is 19.8 Å². The van der Waals surface area contributed by atoms with Gasteiger partial charge < -0.3 is 29.6 Å². The number of benzene rings is 2. The quantitative estimate of drug-likeness (QED) is 0.604. The molecule has 0 spiro atoms. The summed E-state index contributed by atoms with van der Waals surface area (Å²) in [4.78, 5) is 12.0. The summed E-state index contributed by atoms with van der Waals surface area (Å²) >= 11 is 0.